The summed E-state index contributed by atoms with van der Waals surface area (Å²) in [7, 11) is 0. The maximum Gasteiger partial charge on any atom is 0.257 e. The normalized spacial score (nSPS) is 16.1. The second kappa shape index (κ2) is 9.22. The summed E-state index contributed by atoms with van der Waals surface area (Å²) in [4.78, 5) is 26.6. The van der Waals surface area contributed by atoms with Crippen LogP contribution in [0.15, 0.2) is 51.7 Å². The fourth-order valence-corrected chi connectivity index (χ4v) is 3.64. The van der Waals surface area contributed by atoms with Gasteiger partial charge in [-0.15, -0.1) is 0 Å². The molecule has 0 bridgehead atoms. The van der Waals surface area contributed by atoms with Gasteiger partial charge >= 0.3 is 0 Å². The molecule has 1 fully saturated rings. The number of nitrogens with zero attached hydrogens (tertiary/aromatic N) is 1. The SMILES string of the molecule is CC(CCc1ccc(Br)cc1)NC(=O)C1CCN(C(=O)c2ccoc2)CC1. The first-order valence-corrected chi connectivity index (χ1v) is 10.2. The molecular weight excluding hydrogens is 408 g/mol. The maximum absolute atomic E-state index is 12.5. The minimum absolute atomic E-state index is 0.0199. The van der Waals surface area contributed by atoms with Gasteiger partial charge in [0.1, 0.15) is 6.26 Å². The van der Waals surface area contributed by atoms with Crippen LogP contribution in [0.2, 0.25) is 0 Å². The molecule has 2 aromatic rings. The van der Waals surface area contributed by atoms with Gasteiger partial charge in [0.05, 0.1) is 11.8 Å². The Labute approximate surface area is 168 Å². The Morgan fingerprint density at radius 3 is 2.56 bits per heavy atom. The number of amides is 2. The van der Waals surface area contributed by atoms with Crippen molar-refractivity contribution in [2.45, 2.75) is 38.6 Å². The summed E-state index contributed by atoms with van der Waals surface area (Å²) in [5.41, 5.74) is 1.84. The van der Waals surface area contributed by atoms with Crippen LogP contribution in [-0.4, -0.2) is 35.8 Å². The van der Waals surface area contributed by atoms with Crippen LogP contribution in [0, 0.1) is 5.92 Å². The van der Waals surface area contributed by atoms with Crippen LogP contribution >= 0.6 is 15.9 Å². The van der Waals surface area contributed by atoms with E-state index < -0.39 is 0 Å². The zero-order valence-electron chi connectivity index (χ0n) is 15.5. The second-order valence-electron chi connectivity index (χ2n) is 7.15. The van der Waals surface area contributed by atoms with E-state index in [2.05, 4.69) is 33.4 Å². The van der Waals surface area contributed by atoms with Crippen LogP contribution in [0.4, 0.5) is 0 Å². The highest BCUT2D eigenvalue weighted by molar-refractivity contribution is 9.10. The van der Waals surface area contributed by atoms with Gasteiger partial charge < -0.3 is 14.6 Å². The standard InChI is InChI=1S/C21H25BrN2O3/c1-15(2-3-16-4-6-19(22)7-5-16)23-20(25)17-8-11-24(12-9-17)21(26)18-10-13-27-14-18/h4-7,10,13-15,17H,2-3,8-9,11-12H2,1H3,(H,23,25). The van der Waals surface area contributed by atoms with Crippen molar-refractivity contribution in [3.8, 4) is 0 Å². The van der Waals surface area contributed by atoms with Gasteiger partial charge in [0, 0.05) is 29.5 Å². The molecular formula is C21H25BrN2O3. The number of piperidine rings is 1. The van der Waals surface area contributed by atoms with Gasteiger partial charge in [-0.25, -0.2) is 0 Å². The molecule has 5 nitrogen and oxygen atoms in total. The lowest BCUT2D eigenvalue weighted by Crippen LogP contribution is -2.44. The Balaban J connectivity index is 1.41. The quantitative estimate of drug-likeness (QED) is 0.748. The Bertz CT molecular complexity index is 750. The monoisotopic (exact) mass is 432 g/mol. The highest BCUT2D eigenvalue weighted by atomic mass is 79.9. The van der Waals surface area contributed by atoms with E-state index in [9.17, 15) is 9.59 Å². The third kappa shape index (κ3) is 5.45. The van der Waals surface area contributed by atoms with Crippen LogP contribution in [0.3, 0.4) is 0 Å². The molecule has 144 valence electrons. The zero-order chi connectivity index (χ0) is 19.2. The van der Waals surface area contributed by atoms with Gasteiger partial charge in [-0.3, -0.25) is 9.59 Å². The third-order valence-corrected chi connectivity index (χ3v) is 5.62. The average molecular weight is 433 g/mol. The fraction of sp³-hybridized carbons (Fsp3) is 0.429. The number of likely N-dealkylation sites (tertiary alicyclic amines) is 1. The van der Waals surface area contributed by atoms with Crippen molar-refractivity contribution < 1.29 is 14.0 Å². The minimum Gasteiger partial charge on any atom is -0.472 e. The number of benzene rings is 1. The van der Waals surface area contributed by atoms with Gasteiger partial charge in [0.25, 0.3) is 5.91 Å². The van der Waals surface area contributed by atoms with E-state index in [-0.39, 0.29) is 23.8 Å². The number of halogens is 1. The van der Waals surface area contributed by atoms with E-state index in [0.717, 1.165) is 17.3 Å². The van der Waals surface area contributed by atoms with Crippen molar-refractivity contribution in [3.05, 3.63) is 58.5 Å². The van der Waals surface area contributed by atoms with Crippen molar-refractivity contribution >= 4 is 27.7 Å². The Kier molecular flexibility index (Phi) is 6.72. The molecule has 2 amide bonds. The molecule has 0 spiro atoms. The van der Waals surface area contributed by atoms with Gasteiger partial charge in [-0.05, 0) is 56.4 Å². The molecule has 1 aliphatic rings. The topological polar surface area (TPSA) is 62.6 Å². The summed E-state index contributed by atoms with van der Waals surface area (Å²) in [6.07, 6.45) is 6.22. The molecule has 1 saturated heterocycles. The maximum atomic E-state index is 12.5. The van der Waals surface area contributed by atoms with E-state index >= 15 is 0 Å². The molecule has 2 heterocycles. The first-order valence-electron chi connectivity index (χ1n) is 9.39. The van der Waals surface area contributed by atoms with E-state index in [1.165, 1.54) is 18.1 Å². The molecule has 0 radical (unpaired) electrons. The molecule has 1 aromatic carbocycles. The number of aryl methyl sites for hydroxylation is 1. The molecule has 1 aromatic heterocycles. The lowest BCUT2D eigenvalue weighted by molar-refractivity contribution is -0.126. The smallest absolute Gasteiger partial charge is 0.257 e. The van der Waals surface area contributed by atoms with Gasteiger partial charge in [-0.2, -0.15) is 0 Å². The van der Waals surface area contributed by atoms with Crippen LogP contribution in [0.1, 0.15) is 42.1 Å². The largest absolute Gasteiger partial charge is 0.472 e. The Hall–Kier alpha value is -2.08. The fourth-order valence-electron chi connectivity index (χ4n) is 3.38. The highest BCUT2D eigenvalue weighted by Gasteiger charge is 2.28. The number of hydrogen-bond donors (Lipinski definition) is 1. The average Bonchev–Trinajstić information content (AvgIpc) is 3.22. The van der Waals surface area contributed by atoms with Crippen molar-refractivity contribution in [3.63, 3.8) is 0 Å². The Morgan fingerprint density at radius 1 is 1.22 bits per heavy atom. The number of carbonyl (C=O) groups excluding carboxylic acids is 2. The molecule has 27 heavy (non-hydrogen) atoms. The number of furan rings is 1. The van der Waals surface area contributed by atoms with Gasteiger partial charge in [-0.1, -0.05) is 28.1 Å². The van der Waals surface area contributed by atoms with Crippen LogP contribution in [0.5, 0.6) is 0 Å². The summed E-state index contributed by atoms with van der Waals surface area (Å²) in [5, 5.41) is 3.14. The summed E-state index contributed by atoms with van der Waals surface area (Å²) >= 11 is 3.44. The second-order valence-corrected chi connectivity index (χ2v) is 8.07. The summed E-state index contributed by atoms with van der Waals surface area (Å²) < 4.78 is 6.05. The molecule has 0 saturated carbocycles. The van der Waals surface area contributed by atoms with Crippen molar-refractivity contribution in [2.75, 3.05) is 13.1 Å². The molecule has 1 N–H and O–H groups in total. The number of nitrogens with one attached hydrogen (secondary N) is 1. The molecule has 1 unspecified atom stereocenters. The van der Waals surface area contributed by atoms with Crippen LogP contribution in [0.25, 0.3) is 0 Å². The lowest BCUT2D eigenvalue weighted by Gasteiger charge is -2.31. The van der Waals surface area contributed by atoms with Crippen molar-refractivity contribution in [1.29, 1.82) is 0 Å². The number of hydrogen-bond acceptors (Lipinski definition) is 3. The first kappa shape index (κ1) is 19.7. The van der Waals surface area contributed by atoms with E-state index in [0.29, 0.717) is 31.5 Å². The Morgan fingerprint density at radius 2 is 1.93 bits per heavy atom. The third-order valence-electron chi connectivity index (χ3n) is 5.09. The van der Waals surface area contributed by atoms with Crippen LogP contribution in [-0.2, 0) is 11.2 Å². The van der Waals surface area contributed by atoms with E-state index in [1.807, 2.05) is 19.1 Å². The molecule has 1 aliphatic heterocycles. The van der Waals surface area contributed by atoms with Crippen molar-refractivity contribution in [1.82, 2.24) is 10.2 Å². The zero-order valence-corrected chi connectivity index (χ0v) is 17.1. The predicted octanol–water partition coefficient (Wildman–Crippen LogP) is 4.03. The predicted molar refractivity (Wildman–Crippen MR) is 107 cm³/mol. The van der Waals surface area contributed by atoms with Crippen LogP contribution < -0.4 is 5.32 Å². The summed E-state index contributed by atoms with van der Waals surface area (Å²) in [6, 6.07) is 10.1. The van der Waals surface area contributed by atoms with E-state index in [4.69, 9.17) is 4.42 Å². The summed E-state index contributed by atoms with van der Waals surface area (Å²) in [5.74, 6) is 0.0627. The molecule has 1 atom stereocenters. The highest BCUT2D eigenvalue weighted by Crippen LogP contribution is 2.20. The number of carbonyl (C=O) groups is 2. The molecule has 6 heteroatoms. The van der Waals surface area contributed by atoms with Crippen molar-refractivity contribution in [2.24, 2.45) is 5.92 Å². The lowest BCUT2D eigenvalue weighted by atomic mass is 9.95. The first-order chi connectivity index (χ1) is 13.0. The van der Waals surface area contributed by atoms with Gasteiger partial charge in [0.2, 0.25) is 5.91 Å². The number of rotatable bonds is 6. The van der Waals surface area contributed by atoms with E-state index in [1.54, 1.807) is 11.0 Å². The van der Waals surface area contributed by atoms with Gasteiger partial charge in [0.15, 0.2) is 0 Å². The minimum atomic E-state index is -0.0227. The molecule has 0 aliphatic carbocycles. The summed E-state index contributed by atoms with van der Waals surface area (Å²) in [6.45, 7) is 3.26. The molecule has 3 rings (SSSR count).